The Morgan fingerprint density at radius 1 is 0.183 bits per heavy atom. The molecular formula is C52H104O8. The Morgan fingerprint density at radius 2 is 0.250 bits per heavy atom. The van der Waals surface area contributed by atoms with Crippen molar-refractivity contribution in [3.05, 3.63) is 0 Å². The maximum atomic E-state index is 6.03. The molecule has 8 heteroatoms. The van der Waals surface area contributed by atoms with Crippen molar-refractivity contribution in [2.75, 3.05) is 0 Å². The average Bonchev–Trinajstić information content (AvgIpc) is 3.67. The molecule has 0 aromatic carbocycles. The monoisotopic (exact) mass is 857 g/mol. The van der Waals surface area contributed by atoms with Crippen molar-refractivity contribution < 1.29 is 37.9 Å². The number of hydrogen-bond acceptors (Lipinski definition) is 8. The number of ether oxygens (including phenoxy) is 8. The first-order valence-corrected chi connectivity index (χ1v) is 23.2. The van der Waals surface area contributed by atoms with Gasteiger partial charge in [-0.3, -0.25) is 0 Å². The second-order valence-corrected chi connectivity index (χ2v) is 28.8. The van der Waals surface area contributed by atoms with Gasteiger partial charge >= 0.3 is 0 Å². The van der Waals surface area contributed by atoms with E-state index in [1.165, 1.54) is 0 Å². The average molecular weight is 857 g/mol. The summed E-state index contributed by atoms with van der Waals surface area (Å²) in [5.74, 6) is -1.79. The molecule has 8 nitrogen and oxygen atoms in total. The van der Waals surface area contributed by atoms with E-state index in [1.807, 2.05) is 55.4 Å². The third kappa shape index (κ3) is 17.2. The van der Waals surface area contributed by atoms with E-state index in [2.05, 4.69) is 166 Å². The molecule has 4 fully saturated rings. The lowest BCUT2D eigenvalue weighted by molar-refractivity contribution is -0.160. The highest BCUT2D eigenvalue weighted by Crippen LogP contribution is 2.48. The maximum Gasteiger partial charge on any atom is 0.163 e. The van der Waals surface area contributed by atoms with Crippen LogP contribution in [0.2, 0.25) is 0 Å². The summed E-state index contributed by atoms with van der Waals surface area (Å²) in [6.45, 7) is 69.0. The molecule has 0 radical (unpaired) electrons. The van der Waals surface area contributed by atoms with Crippen LogP contribution in [0.25, 0.3) is 0 Å². The van der Waals surface area contributed by atoms with Crippen LogP contribution in [0.1, 0.15) is 222 Å². The van der Waals surface area contributed by atoms with E-state index >= 15 is 0 Å². The normalized spacial score (nSPS) is 32.0. The lowest BCUT2D eigenvalue weighted by Crippen LogP contribution is -2.42. The van der Waals surface area contributed by atoms with Crippen LogP contribution in [0.4, 0.5) is 0 Å². The van der Waals surface area contributed by atoms with E-state index in [-0.39, 0.29) is 92.2 Å². The molecule has 0 aliphatic carbocycles. The van der Waals surface area contributed by atoms with Gasteiger partial charge < -0.3 is 37.9 Å². The largest absolute Gasteiger partial charge is 0.344 e. The zero-order valence-electron chi connectivity index (χ0n) is 45.9. The van der Waals surface area contributed by atoms with Gasteiger partial charge in [0.15, 0.2) is 23.1 Å². The van der Waals surface area contributed by atoms with Gasteiger partial charge in [0.05, 0.1) is 48.8 Å². The summed E-state index contributed by atoms with van der Waals surface area (Å²) in [6.07, 6.45) is 1.28. The molecule has 0 saturated carbocycles. The molecule has 0 amide bonds. The van der Waals surface area contributed by atoms with Gasteiger partial charge in [-0.25, -0.2) is 0 Å². The topological polar surface area (TPSA) is 73.8 Å². The predicted molar refractivity (Wildman–Crippen MR) is 251 cm³/mol. The van der Waals surface area contributed by atoms with Crippen LogP contribution in [0.15, 0.2) is 0 Å². The zero-order valence-corrected chi connectivity index (χ0v) is 45.9. The lowest BCUT2D eigenvalue weighted by atomic mass is 9.76. The standard InChI is InChI=1S/4C13H26O2/c4*1-11(2,3)9-10(12(4,5)6)15-13(7,8)14-9/h4*9-10H,1-8H3/t2*9-,10+;2*9-,10-/m..10/s1. The summed E-state index contributed by atoms with van der Waals surface area (Å²) < 4.78 is 48.2. The summed E-state index contributed by atoms with van der Waals surface area (Å²) in [6, 6.07) is 0. The molecule has 4 rings (SSSR count). The maximum absolute atomic E-state index is 6.03. The SMILES string of the molecule is CC1(C)O[C@@H](C(C)(C)C)[C@@H](C(C)(C)C)O1.CC1(C)O[C@@H](C(C)(C)C)[C@@H](C(C)(C)C)O1.CC1(C)O[C@@H](C(C)(C)C)[C@H](C(C)(C)C)O1.CC1(C)O[C@H](C(C)(C)C)[C@@H](C(C)(C)C)O1. The first-order chi connectivity index (χ1) is 25.7. The van der Waals surface area contributed by atoms with Crippen LogP contribution < -0.4 is 0 Å². The van der Waals surface area contributed by atoms with Crippen LogP contribution >= 0.6 is 0 Å². The number of hydrogen-bond donors (Lipinski definition) is 0. The summed E-state index contributed by atoms with van der Waals surface area (Å²) in [5.41, 5.74) is 0.934. The van der Waals surface area contributed by atoms with Gasteiger partial charge in [0, 0.05) is 0 Å². The molecular weight excluding hydrogens is 753 g/mol. The fraction of sp³-hybridized carbons (Fsp3) is 1.00. The molecule has 0 aromatic heterocycles. The Morgan fingerprint density at radius 3 is 0.300 bits per heavy atom. The van der Waals surface area contributed by atoms with E-state index in [4.69, 9.17) is 37.9 Å². The molecule has 4 heterocycles. The molecule has 0 spiro atoms. The van der Waals surface area contributed by atoms with Crippen molar-refractivity contribution >= 4 is 0 Å². The second-order valence-electron chi connectivity index (χ2n) is 28.8. The molecule has 8 atom stereocenters. The summed E-state index contributed by atoms with van der Waals surface area (Å²) in [7, 11) is 0. The molecule has 60 heavy (non-hydrogen) atoms. The Labute approximate surface area is 373 Å². The van der Waals surface area contributed by atoms with Crippen LogP contribution in [0, 0.1) is 43.3 Å². The first-order valence-electron chi connectivity index (χ1n) is 23.2. The smallest absolute Gasteiger partial charge is 0.163 e. The van der Waals surface area contributed by atoms with Crippen molar-refractivity contribution in [3.8, 4) is 0 Å². The molecule has 4 saturated heterocycles. The second kappa shape index (κ2) is 18.2. The first kappa shape index (κ1) is 57.7. The van der Waals surface area contributed by atoms with Crippen molar-refractivity contribution in [2.45, 2.75) is 294 Å². The predicted octanol–water partition coefficient (Wildman–Crippen LogP) is 14.4. The third-order valence-corrected chi connectivity index (χ3v) is 11.2. The Hall–Kier alpha value is -0.320. The highest BCUT2D eigenvalue weighted by Gasteiger charge is 2.54. The Kier molecular flexibility index (Phi) is 17.5. The molecule has 0 N–H and O–H groups in total. The minimum Gasteiger partial charge on any atom is -0.344 e. The van der Waals surface area contributed by atoms with Crippen molar-refractivity contribution in [1.29, 1.82) is 0 Å². The molecule has 0 bridgehead atoms. The van der Waals surface area contributed by atoms with Crippen LogP contribution in [0.3, 0.4) is 0 Å². The van der Waals surface area contributed by atoms with Crippen LogP contribution in [-0.4, -0.2) is 72.0 Å². The van der Waals surface area contributed by atoms with Crippen LogP contribution in [0.5, 0.6) is 0 Å². The van der Waals surface area contributed by atoms with Crippen molar-refractivity contribution in [1.82, 2.24) is 0 Å². The van der Waals surface area contributed by atoms with Gasteiger partial charge in [0.2, 0.25) is 0 Å². The molecule has 4 aliphatic heterocycles. The molecule has 0 aromatic rings. The highest BCUT2D eigenvalue weighted by molar-refractivity contribution is 4.98. The zero-order chi connectivity index (χ0) is 48.3. The summed E-state index contributed by atoms with van der Waals surface area (Å²) in [4.78, 5) is 0. The minimum atomic E-state index is -0.449. The van der Waals surface area contributed by atoms with Gasteiger partial charge in [0.25, 0.3) is 0 Å². The van der Waals surface area contributed by atoms with Crippen molar-refractivity contribution in [3.63, 3.8) is 0 Å². The van der Waals surface area contributed by atoms with E-state index in [9.17, 15) is 0 Å². The third-order valence-electron chi connectivity index (χ3n) is 11.2. The molecule has 4 aliphatic rings. The Bertz CT molecular complexity index is 1030. The lowest BCUT2D eigenvalue weighted by Gasteiger charge is -2.36. The van der Waals surface area contributed by atoms with E-state index in [0.717, 1.165) is 0 Å². The van der Waals surface area contributed by atoms with Crippen LogP contribution in [-0.2, 0) is 37.9 Å². The molecule has 360 valence electrons. The fourth-order valence-electron chi connectivity index (χ4n) is 8.10. The number of rotatable bonds is 0. The van der Waals surface area contributed by atoms with E-state index < -0.39 is 23.1 Å². The van der Waals surface area contributed by atoms with Gasteiger partial charge in [-0.05, 0) is 98.7 Å². The van der Waals surface area contributed by atoms with Crippen molar-refractivity contribution in [2.24, 2.45) is 43.3 Å². The van der Waals surface area contributed by atoms with Gasteiger partial charge in [0.1, 0.15) is 0 Å². The molecule has 0 unspecified atom stereocenters. The fourth-order valence-corrected chi connectivity index (χ4v) is 8.10. The minimum absolute atomic E-state index is 0.117. The van der Waals surface area contributed by atoms with E-state index in [0.29, 0.717) is 0 Å². The quantitative estimate of drug-likeness (QED) is 0.239. The van der Waals surface area contributed by atoms with Gasteiger partial charge in [-0.2, -0.15) is 0 Å². The Balaban J connectivity index is 0.000000400. The summed E-state index contributed by atoms with van der Waals surface area (Å²) in [5, 5.41) is 0. The van der Waals surface area contributed by atoms with E-state index in [1.54, 1.807) is 0 Å². The summed E-state index contributed by atoms with van der Waals surface area (Å²) >= 11 is 0. The highest BCUT2D eigenvalue weighted by atomic mass is 16.8. The van der Waals surface area contributed by atoms with Gasteiger partial charge in [-0.1, -0.05) is 166 Å². The van der Waals surface area contributed by atoms with Gasteiger partial charge in [-0.15, -0.1) is 0 Å².